The van der Waals surface area contributed by atoms with Gasteiger partial charge < -0.3 is 25.7 Å². The lowest BCUT2D eigenvalue weighted by molar-refractivity contribution is -0.140. The van der Waals surface area contributed by atoms with Crippen LogP contribution >= 0.6 is 0 Å². The average Bonchev–Trinajstić information content (AvgIpc) is 3.25. The summed E-state index contributed by atoms with van der Waals surface area (Å²) in [6.07, 6.45) is 5.39. The van der Waals surface area contributed by atoms with Crippen molar-refractivity contribution in [1.82, 2.24) is 15.5 Å². The van der Waals surface area contributed by atoms with Gasteiger partial charge in [0.15, 0.2) is 5.78 Å². The van der Waals surface area contributed by atoms with Gasteiger partial charge in [0, 0.05) is 25.9 Å². The second-order valence-corrected chi connectivity index (χ2v) is 9.07. The van der Waals surface area contributed by atoms with E-state index in [2.05, 4.69) is 10.6 Å². The van der Waals surface area contributed by atoms with Crippen molar-refractivity contribution >= 4 is 29.7 Å². The van der Waals surface area contributed by atoms with Crippen LogP contribution in [0, 0.1) is 11.3 Å². The number of hydrogen-bond acceptors (Lipinski definition) is 6. The zero-order valence-electron chi connectivity index (χ0n) is 19.8. The highest BCUT2D eigenvalue weighted by Gasteiger charge is 2.46. The summed E-state index contributed by atoms with van der Waals surface area (Å²) in [4.78, 5) is 52.0. The second kappa shape index (κ2) is 11.8. The van der Waals surface area contributed by atoms with E-state index in [4.69, 9.17) is 10.1 Å². The van der Waals surface area contributed by atoms with Gasteiger partial charge in [-0.15, -0.1) is 0 Å². The molecule has 0 aromatic heterocycles. The first-order valence-corrected chi connectivity index (χ1v) is 11.9. The monoisotopic (exact) mass is 470 g/mol. The number of carbonyl (C=O) groups is 4. The van der Waals surface area contributed by atoms with Crippen molar-refractivity contribution in [2.75, 3.05) is 7.11 Å². The summed E-state index contributed by atoms with van der Waals surface area (Å²) in [5, 5.41) is 12.7. The zero-order valence-corrected chi connectivity index (χ0v) is 19.8. The molecular formula is C25H34N4O5. The highest BCUT2D eigenvalue weighted by atomic mass is 16.5. The highest BCUT2D eigenvalue weighted by Crippen LogP contribution is 2.39. The molecule has 1 aromatic carbocycles. The summed E-state index contributed by atoms with van der Waals surface area (Å²) in [6.45, 7) is 1.74. The van der Waals surface area contributed by atoms with Gasteiger partial charge in [0.25, 0.3) is 0 Å². The fourth-order valence-corrected chi connectivity index (χ4v) is 5.10. The molecule has 1 aliphatic heterocycles. The van der Waals surface area contributed by atoms with Crippen LogP contribution in [0.1, 0.15) is 57.4 Å². The smallest absolute Gasteiger partial charge is 0.243 e. The molecule has 34 heavy (non-hydrogen) atoms. The molecule has 2 aliphatic rings. The van der Waals surface area contributed by atoms with Crippen molar-refractivity contribution in [3.63, 3.8) is 0 Å². The van der Waals surface area contributed by atoms with Crippen LogP contribution in [0.15, 0.2) is 24.3 Å². The third kappa shape index (κ3) is 6.21. The molecule has 9 nitrogen and oxygen atoms in total. The third-order valence-corrected chi connectivity index (χ3v) is 6.85. The van der Waals surface area contributed by atoms with Crippen LogP contribution in [0.3, 0.4) is 0 Å². The minimum atomic E-state index is -0.939. The number of amides is 3. The zero-order chi connectivity index (χ0) is 24.7. The van der Waals surface area contributed by atoms with Crippen molar-refractivity contribution in [2.24, 2.45) is 5.92 Å². The molecule has 0 spiro atoms. The average molecular weight is 471 g/mol. The number of likely N-dealkylation sites (tertiary alicyclic amines) is 1. The van der Waals surface area contributed by atoms with E-state index >= 15 is 0 Å². The van der Waals surface area contributed by atoms with Crippen LogP contribution in [0.4, 0.5) is 0 Å². The van der Waals surface area contributed by atoms with Crippen LogP contribution < -0.4 is 15.4 Å². The number of benzene rings is 1. The molecule has 3 rings (SSSR count). The number of nitrogens with one attached hydrogen (secondary N) is 3. The summed E-state index contributed by atoms with van der Waals surface area (Å²) in [7, 11) is 1.58. The van der Waals surface area contributed by atoms with Gasteiger partial charge in [0.2, 0.25) is 17.7 Å². The molecule has 0 bridgehead atoms. The Morgan fingerprint density at radius 1 is 1.18 bits per heavy atom. The number of hydrogen-bond donors (Lipinski definition) is 3. The number of Topliss-reactive ketones (excluding diaryl/α,β-unsaturated/α-hetero) is 1. The van der Waals surface area contributed by atoms with E-state index < -0.39 is 23.8 Å². The lowest BCUT2D eigenvalue weighted by Crippen LogP contribution is -2.54. The molecule has 1 aliphatic carbocycles. The first-order valence-electron chi connectivity index (χ1n) is 11.9. The number of rotatable bonds is 10. The van der Waals surface area contributed by atoms with E-state index in [0.717, 1.165) is 31.2 Å². The molecule has 2 fully saturated rings. The standard InChI is InChI=1S/C25H34N4O5/c1-16(30)29-22-6-4-3-5-18(22)13-23(29)25(33)28-21(12-9-19(31)14-26)24(32)27-15-17-7-10-20(34-2)11-8-17/h7-8,10-11,14,18,21-23,26H,3-6,9,12-13,15H2,1-2H3,(H,27,32)(H,28,33)/t18?,21-,22?,23-/m0/s1. The van der Waals surface area contributed by atoms with Crippen LogP contribution in [-0.2, 0) is 25.7 Å². The first-order chi connectivity index (χ1) is 16.3. The van der Waals surface area contributed by atoms with Gasteiger partial charge in [-0.2, -0.15) is 0 Å². The van der Waals surface area contributed by atoms with Crippen LogP contribution in [0.2, 0.25) is 0 Å². The predicted molar refractivity (Wildman–Crippen MR) is 126 cm³/mol. The summed E-state index contributed by atoms with van der Waals surface area (Å²) in [5.41, 5.74) is 0.859. The number of nitrogens with zero attached hydrogens (tertiary/aromatic N) is 1. The Labute approximate surface area is 200 Å². The van der Waals surface area contributed by atoms with Crippen LogP contribution in [0.5, 0.6) is 5.75 Å². The molecule has 1 heterocycles. The van der Waals surface area contributed by atoms with Gasteiger partial charge in [0.1, 0.15) is 17.8 Å². The molecule has 0 radical (unpaired) electrons. The minimum Gasteiger partial charge on any atom is -0.497 e. The molecule has 4 atom stereocenters. The van der Waals surface area contributed by atoms with Crippen molar-refractivity contribution in [2.45, 2.75) is 76.5 Å². The maximum Gasteiger partial charge on any atom is 0.243 e. The highest BCUT2D eigenvalue weighted by molar-refractivity contribution is 6.26. The van der Waals surface area contributed by atoms with Crippen molar-refractivity contribution in [3.8, 4) is 5.75 Å². The van der Waals surface area contributed by atoms with Crippen LogP contribution in [0.25, 0.3) is 0 Å². The van der Waals surface area contributed by atoms with Crippen molar-refractivity contribution < 1.29 is 23.9 Å². The van der Waals surface area contributed by atoms with Gasteiger partial charge in [-0.1, -0.05) is 25.0 Å². The second-order valence-electron chi connectivity index (χ2n) is 9.07. The van der Waals surface area contributed by atoms with Gasteiger partial charge >= 0.3 is 0 Å². The van der Waals surface area contributed by atoms with Gasteiger partial charge in [-0.05, 0) is 49.3 Å². The quantitative estimate of drug-likeness (QED) is 0.451. The fourth-order valence-electron chi connectivity index (χ4n) is 5.10. The summed E-state index contributed by atoms with van der Waals surface area (Å²) in [6, 6.07) is 5.77. The third-order valence-electron chi connectivity index (χ3n) is 6.85. The molecule has 1 saturated heterocycles. The molecular weight excluding hydrogens is 436 g/mol. The minimum absolute atomic E-state index is 0.0310. The number of methoxy groups -OCH3 is 1. The summed E-state index contributed by atoms with van der Waals surface area (Å²) in [5.74, 6) is -0.315. The van der Waals surface area contributed by atoms with E-state index in [1.54, 1.807) is 24.1 Å². The molecule has 3 N–H and O–H groups in total. The molecule has 9 heteroatoms. The number of carbonyl (C=O) groups excluding carboxylic acids is 4. The molecule has 184 valence electrons. The Hall–Kier alpha value is -3.23. The normalized spacial score (nSPS) is 22.3. The Balaban J connectivity index is 1.68. The Morgan fingerprint density at radius 3 is 2.53 bits per heavy atom. The number of fused-ring (bicyclic) bond motifs is 1. The molecule has 2 unspecified atom stereocenters. The Morgan fingerprint density at radius 2 is 1.88 bits per heavy atom. The Bertz CT molecular complexity index is 916. The molecule has 3 amide bonds. The predicted octanol–water partition coefficient (Wildman–Crippen LogP) is 1.97. The number of ether oxygens (including phenoxy) is 1. The van der Waals surface area contributed by atoms with E-state index in [0.29, 0.717) is 24.3 Å². The lowest BCUT2D eigenvalue weighted by atomic mass is 9.84. The fraction of sp³-hybridized carbons (Fsp3) is 0.560. The summed E-state index contributed by atoms with van der Waals surface area (Å²) >= 11 is 0. The Kier molecular flexibility index (Phi) is 8.79. The topological polar surface area (TPSA) is 129 Å². The molecule has 1 saturated carbocycles. The number of ketones is 1. The van der Waals surface area contributed by atoms with Crippen molar-refractivity contribution in [1.29, 1.82) is 5.41 Å². The summed E-state index contributed by atoms with van der Waals surface area (Å²) < 4.78 is 5.14. The lowest BCUT2D eigenvalue weighted by Gasteiger charge is -2.33. The molecule has 1 aromatic rings. The van der Waals surface area contributed by atoms with Gasteiger partial charge in [-0.25, -0.2) is 0 Å². The maximum absolute atomic E-state index is 13.2. The SMILES string of the molecule is COc1ccc(CNC(=O)[C@H](CCC(=O)C=N)NC(=O)[C@@H]2CC3CCCCC3N2C(C)=O)cc1. The largest absolute Gasteiger partial charge is 0.497 e. The van der Waals surface area contributed by atoms with E-state index in [-0.39, 0.29) is 37.2 Å². The first kappa shape index (κ1) is 25.4. The van der Waals surface area contributed by atoms with Crippen LogP contribution in [-0.4, -0.2) is 59.9 Å². The van der Waals surface area contributed by atoms with E-state index in [1.807, 2.05) is 12.1 Å². The van der Waals surface area contributed by atoms with Gasteiger partial charge in [-0.3, -0.25) is 19.2 Å². The van der Waals surface area contributed by atoms with Crippen molar-refractivity contribution in [3.05, 3.63) is 29.8 Å². The van der Waals surface area contributed by atoms with E-state index in [9.17, 15) is 19.2 Å². The van der Waals surface area contributed by atoms with E-state index in [1.165, 1.54) is 6.92 Å². The maximum atomic E-state index is 13.2. The van der Waals surface area contributed by atoms with Gasteiger partial charge in [0.05, 0.1) is 13.3 Å².